The van der Waals surface area contributed by atoms with Crippen LogP contribution in [0.3, 0.4) is 0 Å². The molecule has 6 rings (SSSR count). The minimum Gasteiger partial charge on any atom is -0.368 e. The van der Waals surface area contributed by atoms with Crippen molar-refractivity contribution in [3.8, 4) is 22.5 Å². The molecule has 2 aliphatic rings. The Labute approximate surface area is 221 Å². The Kier molecular flexibility index (Phi) is 6.25. The second-order valence-corrected chi connectivity index (χ2v) is 9.90. The number of hydrogen-bond donors (Lipinski definition) is 1. The maximum Gasteiger partial charge on any atom is 0.416 e. The van der Waals surface area contributed by atoms with Crippen molar-refractivity contribution in [2.45, 2.75) is 44.5 Å². The van der Waals surface area contributed by atoms with Gasteiger partial charge in [-0.2, -0.15) is 23.4 Å². The number of carbonyl (C=O) groups excluding carboxylic acids is 1. The molecule has 1 aromatic carbocycles. The van der Waals surface area contributed by atoms with Crippen LogP contribution in [0.4, 0.5) is 19.0 Å². The summed E-state index contributed by atoms with van der Waals surface area (Å²) in [5.41, 5.74) is 2.39. The van der Waals surface area contributed by atoms with Crippen LogP contribution in [0.25, 0.3) is 28.0 Å². The Morgan fingerprint density at radius 1 is 1.15 bits per heavy atom. The van der Waals surface area contributed by atoms with Crippen molar-refractivity contribution in [3.63, 3.8) is 0 Å². The first-order chi connectivity index (χ1) is 18.7. The van der Waals surface area contributed by atoms with Crippen LogP contribution in [0.1, 0.15) is 30.7 Å². The van der Waals surface area contributed by atoms with Gasteiger partial charge in [-0.3, -0.25) is 9.48 Å². The Hall–Kier alpha value is -4.00. The number of ether oxygens (including phenoxy) is 1. The van der Waals surface area contributed by atoms with E-state index in [9.17, 15) is 18.0 Å². The number of fused-ring (bicyclic) bond motifs is 1. The van der Waals surface area contributed by atoms with Crippen molar-refractivity contribution in [3.05, 3.63) is 48.2 Å². The molecule has 0 radical (unpaired) electrons. The zero-order chi connectivity index (χ0) is 27.3. The van der Waals surface area contributed by atoms with E-state index >= 15 is 0 Å². The molecule has 1 amide bonds. The maximum absolute atomic E-state index is 13.2. The number of nitrogens with one attached hydrogen (secondary N) is 1. The minimum absolute atomic E-state index is 0.0507. The summed E-state index contributed by atoms with van der Waals surface area (Å²) in [7, 11) is 1.74. The highest BCUT2D eigenvalue weighted by molar-refractivity contribution is 5.92. The van der Waals surface area contributed by atoms with Crippen LogP contribution in [-0.2, 0) is 22.8 Å². The topological polar surface area (TPSA) is 102 Å². The molecule has 2 fully saturated rings. The fourth-order valence-corrected chi connectivity index (χ4v) is 5.40. The van der Waals surface area contributed by atoms with Gasteiger partial charge in [0.1, 0.15) is 29.5 Å². The minimum atomic E-state index is -4.42. The molecule has 2 saturated heterocycles. The zero-order valence-electron chi connectivity index (χ0n) is 21.4. The third kappa shape index (κ3) is 4.60. The van der Waals surface area contributed by atoms with Crippen molar-refractivity contribution in [1.29, 1.82) is 0 Å². The van der Waals surface area contributed by atoms with Crippen LogP contribution in [0.5, 0.6) is 0 Å². The van der Waals surface area contributed by atoms with E-state index in [0.29, 0.717) is 59.4 Å². The van der Waals surface area contributed by atoms with Gasteiger partial charge in [-0.05, 0) is 38.3 Å². The Balaban J connectivity index is 1.35. The van der Waals surface area contributed by atoms with Gasteiger partial charge in [0.15, 0.2) is 5.82 Å². The molecule has 0 spiro atoms. The number of nitrogens with zero attached hydrogens (tertiary/aromatic N) is 7. The number of halogens is 3. The molecule has 4 aromatic rings. The van der Waals surface area contributed by atoms with Gasteiger partial charge in [0.05, 0.1) is 17.5 Å². The largest absolute Gasteiger partial charge is 0.416 e. The molecule has 39 heavy (non-hydrogen) atoms. The second kappa shape index (κ2) is 9.63. The molecular formula is C26H27F3N8O2. The molecule has 1 N–H and O–H groups in total. The summed E-state index contributed by atoms with van der Waals surface area (Å²) >= 11 is 0. The molecule has 2 atom stereocenters. The quantitative estimate of drug-likeness (QED) is 0.414. The lowest BCUT2D eigenvalue weighted by molar-refractivity contribution is -0.137. The van der Waals surface area contributed by atoms with E-state index in [4.69, 9.17) is 9.72 Å². The third-order valence-electron chi connectivity index (χ3n) is 7.31. The summed E-state index contributed by atoms with van der Waals surface area (Å²) < 4.78 is 48.3. The van der Waals surface area contributed by atoms with Crippen LogP contribution in [0.2, 0.25) is 0 Å². The lowest BCUT2D eigenvalue weighted by Gasteiger charge is -2.20. The smallest absolute Gasteiger partial charge is 0.368 e. The highest BCUT2D eigenvalue weighted by Gasteiger charge is 2.33. The van der Waals surface area contributed by atoms with E-state index in [1.165, 1.54) is 18.5 Å². The van der Waals surface area contributed by atoms with Crippen LogP contribution in [0, 0.1) is 6.92 Å². The lowest BCUT2D eigenvalue weighted by atomic mass is 10.0. The van der Waals surface area contributed by atoms with Crippen LogP contribution < -0.4 is 10.2 Å². The van der Waals surface area contributed by atoms with E-state index in [-0.39, 0.29) is 18.1 Å². The number of amides is 1. The van der Waals surface area contributed by atoms with Gasteiger partial charge in [0.25, 0.3) is 0 Å². The van der Waals surface area contributed by atoms with Gasteiger partial charge >= 0.3 is 6.18 Å². The van der Waals surface area contributed by atoms with Gasteiger partial charge in [-0.1, -0.05) is 12.1 Å². The number of aromatic nitrogens is 6. The number of alkyl halides is 3. The number of aryl methyl sites for hydroxylation is 2. The molecule has 204 valence electrons. The number of anilines is 1. The van der Waals surface area contributed by atoms with Gasteiger partial charge in [-0.25, -0.2) is 14.5 Å². The summed E-state index contributed by atoms with van der Waals surface area (Å²) in [6, 6.07) is 4.95. The van der Waals surface area contributed by atoms with Crippen molar-refractivity contribution < 1.29 is 22.7 Å². The van der Waals surface area contributed by atoms with Crippen LogP contribution in [0.15, 0.2) is 36.8 Å². The Morgan fingerprint density at radius 2 is 1.95 bits per heavy atom. The maximum atomic E-state index is 13.2. The van der Waals surface area contributed by atoms with Gasteiger partial charge in [0, 0.05) is 43.9 Å². The number of rotatable bonds is 5. The zero-order valence-corrected chi connectivity index (χ0v) is 21.4. The molecule has 5 heterocycles. The highest BCUT2D eigenvalue weighted by atomic mass is 19.4. The Morgan fingerprint density at radius 3 is 2.67 bits per heavy atom. The van der Waals surface area contributed by atoms with Gasteiger partial charge in [-0.15, -0.1) is 0 Å². The van der Waals surface area contributed by atoms with E-state index < -0.39 is 11.7 Å². The third-order valence-corrected chi connectivity index (χ3v) is 7.31. The average Bonchev–Trinajstić information content (AvgIpc) is 3.71. The summed E-state index contributed by atoms with van der Waals surface area (Å²) in [6.07, 6.45) is 0.691. The number of imidazole rings is 1. The number of hydrogen-bond acceptors (Lipinski definition) is 7. The lowest BCUT2D eigenvalue weighted by Crippen LogP contribution is -2.42. The molecule has 13 heteroatoms. The summed E-state index contributed by atoms with van der Waals surface area (Å²) in [4.78, 5) is 24.1. The second-order valence-electron chi connectivity index (χ2n) is 9.90. The summed E-state index contributed by atoms with van der Waals surface area (Å²) in [5, 5.41) is 11.9. The van der Waals surface area contributed by atoms with Gasteiger partial charge in [0.2, 0.25) is 5.91 Å². The molecule has 0 aliphatic carbocycles. The van der Waals surface area contributed by atoms with Crippen LogP contribution >= 0.6 is 0 Å². The normalized spacial score (nSPS) is 19.8. The number of benzene rings is 1. The first-order valence-corrected chi connectivity index (χ1v) is 12.8. The van der Waals surface area contributed by atoms with E-state index in [0.717, 1.165) is 31.4 Å². The van der Waals surface area contributed by atoms with Crippen molar-refractivity contribution in [2.75, 3.05) is 24.6 Å². The fraction of sp³-hybridized carbons (Fsp3) is 0.423. The fourth-order valence-electron chi connectivity index (χ4n) is 5.40. The average molecular weight is 541 g/mol. The van der Waals surface area contributed by atoms with Crippen molar-refractivity contribution >= 4 is 17.2 Å². The summed E-state index contributed by atoms with van der Waals surface area (Å²) in [6.45, 7) is 3.68. The standard InChI is InChI=1S/C26H27F3N8O2/c1-15-33-21(19-12-31-35(2)22(19)16-5-7-17(8-6-16)26(27,28)29)23-24(30-14-32-37(15)23)36-10-9-18(13-36)34-25(38)20-4-3-11-39-20/h5-8,12,14,18,20H,3-4,9-11,13H2,1-2H3,(H,34,38)/t18-,20?/m0/s1. The predicted molar refractivity (Wildman–Crippen MR) is 136 cm³/mol. The van der Waals surface area contributed by atoms with Crippen LogP contribution in [-0.4, -0.2) is 67.1 Å². The molecular weight excluding hydrogens is 513 g/mol. The monoisotopic (exact) mass is 540 g/mol. The Bertz CT molecular complexity index is 1520. The van der Waals surface area contributed by atoms with Gasteiger partial charge < -0.3 is 15.0 Å². The van der Waals surface area contributed by atoms with E-state index in [1.54, 1.807) is 22.4 Å². The molecule has 2 aliphatic heterocycles. The molecule has 0 bridgehead atoms. The van der Waals surface area contributed by atoms with E-state index in [1.807, 2.05) is 6.92 Å². The molecule has 3 aromatic heterocycles. The molecule has 10 nitrogen and oxygen atoms in total. The van der Waals surface area contributed by atoms with Crippen molar-refractivity contribution in [1.82, 2.24) is 34.7 Å². The van der Waals surface area contributed by atoms with Crippen molar-refractivity contribution in [2.24, 2.45) is 7.05 Å². The molecule has 0 saturated carbocycles. The summed E-state index contributed by atoms with van der Waals surface area (Å²) in [5.74, 6) is 1.22. The molecule has 1 unspecified atom stereocenters. The number of carbonyl (C=O) groups is 1. The SMILES string of the molecule is Cc1nc(-c2cnn(C)c2-c2ccc(C(F)(F)F)cc2)c2c(N3CC[C@H](NC(=O)C4CCCO4)C3)ncnn12. The first kappa shape index (κ1) is 25.3. The van der Waals surface area contributed by atoms with E-state index in [2.05, 4.69) is 25.4 Å². The predicted octanol–water partition coefficient (Wildman–Crippen LogP) is 3.39. The highest BCUT2D eigenvalue weighted by Crippen LogP contribution is 2.38. The first-order valence-electron chi connectivity index (χ1n) is 12.8.